The summed E-state index contributed by atoms with van der Waals surface area (Å²) in [5.74, 6) is -1.39. The van der Waals surface area contributed by atoms with Crippen LogP contribution in [0.2, 0.25) is 0 Å². The summed E-state index contributed by atoms with van der Waals surface area (Å²) in [6, 6.07) is 3.66. The fourth-order valence-corrected chi connectivity index (χ4v) is 2.11. The van der Waals surface area contributed by atoms with E-state index in [0.717, 1.165) is 0 Å². The molecule has 2 N–H and O–H groups in total. The molecule has 1 rings (SSSR count). The lowest BCUT2D eigenvalue weighted by Crippen LogP contribution is -2.28. The number of methoxy groups -OCH3 is 1. The van der Waals surface area contributed by atoms with Crippen molar-refractivity contribution in [2.75, 3.05) is 7.11 Å². The minimum atomic E-state index is -0.935. The van der Waals surface area contributed by atoms with Crippen LogP contribution in [-0.2, 0) is 9.59 Å². The predicted molar refractivity (Wildman–Crippen MR) is 75.5 cm³/mol. The van der Waals surface area contributed by atoms with Crippen molar-refractivity contribution in [1.29, 1.82) is 0 Å². The molecule has 1 amide bonds. The van der Waals surface area contributed by atoms with E-state index in [1.807, 2.05) is 0 Å². The number of amides is 1. The molecule has 0 spiro atoms. The first-order chi connectivity index (χ1) is 9.83. The Hall–Kier alpha value is -2.11. The molecule has 1 aromatic carbocycles. The third kappa shape index (κ3) is 5.41. The SMILES string of the molecule is COc1ccc(F)cc1[C@H](C)NC(=O)C[C@H](C)CC(=O)O. The maximum atomic E-state index is 13.3. The molecule has 1 aromatic rings. The van der Waals surface area contributed by atoms with E-state index in [0.29, 0.717) is 11.3 Å². The number of aliphatic carboxylic acids is 1. The average molecular weight is 297 g/mol. The fraction of sp³-hybridized carbons (Fsp3) is 0.467. The van der Waals surface area contributed by atoms with Crippen molar-refractivity contribution >= 4 is 11.9 Å². The Morgan fingerprint density at radius 3 is 2.57 bits per heavy atom. The number of nitrogens with one attached hydrogen (secondary N) is 1. The van der Waals surface area contributed by atoms with Crippen LogP contribution in [0.15, 0.2) is 18.2 Å². The molecule has 5 nitrogen and oxygen atoms in total. The fourth-order valence-electron chi connectivity index (χ4n) is 2.11. The number of rotatable bonds is 7. The molecular weight excluding hydrogens is 277 g/mol. The first-order valence-electron chi connectivity index (χ1n) is 6.68. The Morgan fingerprint density at radius 1 is 1.33 bits per heavy atom. The number of ether oxygens (including phenoxy) is 1. The van der Waals surface area contributed by atoms with E-state index in [4.69, 9.17) is 9.84 Å². The van der Waals surface area contributed by atoms with Gasteiger partial charge in [-0.2, -0.15) is 0 Å². The number of carboxylic acids is 1. The summed E-state index contributed by atoms with van der Waals surface area (Å²) >= 11 is 0. The summed E-state index contributed by atoms with van der Waals surface area (Å²) in [5.41, 5.74) is 0.539. The zero-order chi connectivity index (χ0) is 16.0. The number of carbonyl (C=O) groups excluding carboxylic acids is 1. The maximum absolute atomic E-state index is 13.3. The highest BCUT2D eigenvalue weighted by Gasteiger charge is 2.17. The van der Waals surface area contributed by atoms with E-state index in [1.54, 1.807) is 13.8 Å². The molecule has 0 fully saturated rings. The van der Waals surface area contributed by atoms with Crippen LogP contribution in [0.4, 0.5) is 4.39 Å². The van der Waals surface area contributed by atoms with Gasteiger partial charge < -0.3 is 15.2 Å². The van der Waals surface area contributed by atoms with Gasteiger partial charge in [-0.25, -0.2) is 4.39 Å². The van der Waals surface area contributed by atoms with Crippen LogP contribution >= 0.6 is 0 Å². The Bertz CT molecular complexity index is 518. The molecule has 0 heterocycles. The summed E-state index contributed by atoms with van der Waals surface area (Å²) in [5, 5.41) is 11.4. The molecule has 21 heavy (non-hydrogen) atoms. The number of carboxylic acid groups (broad SMARTS) is 1. The van der Waals surface area contributed by atoms with E-state index in [1.165, 1.54) is 25.3 Å². The highest BCUT2D eigenvalue weighted by Crippen LogP contribution is 2.26. The van der Waals surface area contributed by atoms with Crippen molar-refractivity contribution in [3.8, 4) is 5.75 Å². The van der Waals surface area contributed by atoms with Crippen LogP contribution in [-0.4, -0.2) is 24.1 Å². The van der Waals surface area contributed by atoms with Gasteiger partial charge in [0, 0.05) is 18.4 Å². The lowest BCUT2D eigenvalue weighted by atomic mass is 10.0. The lowest BCUT2D eigenvalue weighted by molar-refractivity contribution is -0.138. The Balaban J connectivity index is 2.68. The summed E-state index contributed by atoms with van der Waals surface area (Å²) < 4.78 is 18.4. The second kappa shape index (κ2) is 7.61. The Kier molecular flexibility index (Phi) is 6.14. The van der Waals surface area contributed by atoms with Gasteiger partial charge in [0.15, 0.2) is 0 Å². The van der Waals surface area contributed by atoms with Crippen LogP contribution in [0.25, 0.3) is 0 Å². The number of benzene rings is 1. The first-order valence-corrected chi connectivity index (χ1v) is 6.68. The van der Waals surface area contributed by atoms with Gasteiger partial charge in [-0.3, -0.25) is 9.59 Å². The zero-order valence-corrected chi connectivity index (χ0v) is 12.4. The van der Waals surface area contributed by atoms with E-state index >= 15 is 0 Å². The monoisotopic (exact) mass is 297 g/mol. The van der Waals surface area contributed by atoms with Crippen molar-refractivity contribution < 1.29 is 23.8 Å². The topological polar surface area (TPSA) is 75.6 Å². The highest BCUT2D eigenvalue weighted by molar-refractivity contribution is 5.77. The van der Waals surface area contributed by atoms with Crippen LogP contribution in [0.5, 0.6) is 5.75 Å². The number of carbonyl (C=O) groups is 2. The minimum Gasteiger partial charge on any atom is -0.496 e. The number of hydrogen-bond donors (Lipinski definition) is 2. The van der Waals surface area contributed by atoms with Gasteiger partial charge in [0.2, 0.25) is 5.91 Å². The van der Waals surface area contributed by atoms with Gasteiger partial charge in [-0.15, -0.1) is 0 Å². The third-order valence-corrected chi connectivity index (χ3v) is 3.09. The third-order valence-electron chi connectivity index (χ3n) is 3.09. The van der Waals surface area contributed by atoms with Crippen molar-refractivity contribution in [3.63, 3.8) is 0 Å². The first kappa shape index (κ1) is 16.9. The van der Waals surface area contributed by atoms with Gasteiger partial charge in [0.1, 0.15) is 11.6 Å². The predicted octanol–water partition coefficient (Wildman–Crippen LogP) is 2.51. The van der Waals surface area contributed by atoms with Crippen LogP contribution < -0.4 is 10.1 Å². The molecule has 0 radical (unpaired) electrons. The van der Waals surface area contributed by atoms with Crippen LogP contribution in [0.3, 0.4) is 0 Å². The van der Waals surface area contributed by atoms with Crippen molar-refractivity contribution in [1.82, 2.24) is 5.32 Å². The van der Waals surface area contributed by atoms with Gasteiger partial charge in [-0.1, -0.05) is 6.92 Å². The molecular formula is C15H20FNO4. The quantitative estimate of drug-likeness (QED) is 0.811. The summed E-state index contributed by atoms with van der Waals surface area (Å²) in [6.45, 7) is 3.41. The summed E-state index contributed by atoms with van der Waals surface area (Å²) in [6.07, 6.45) is 0.0410. The van der Waals surface area contributed by atoms with Gasteiger partial charge in [0.05, 0.1) is 13.2 Å². The molecule has 0 aliphatic carbocycles. The molecule has 0 unspecified atom stereocenters. The molecule has 0 aliphatic rings. The summed E-state index contributed by atoms with van der Waals surface area (Å²) in [7, 11) is 1.47. The van der Waals surface area contributed by atoms with Gasteiger partial charge in [0.25, 0.3) is 0 Å². The normalized spacial score (nSPS) is 13.3. The maximum Gasteiger partial charge on any atom is 0.303 e. The van der Waals surface area contributed by atoms with Crippen molar-refractivity contribution in [2.24, 2.45) is 5.92 Å². The van der Waals surface area contributed by atoms with E-state index in [2.05, 4.69) is 5.32 Å². The number of hydrogen-bond acceptors (Lipinski definition) is 3. The Morgan fingerprint density at radius 2 is 2.00 bits per heavy atom. The number of halogens is 1. The molecule has 2 atom stereocenters. The largest absolute Gasteiger partial charge is 0.496 e. The van der Waals surface area contributed by atoms with Crippen molar-refractivity contribution in [2.45, 2.75) is 32.7 Å². The molecule has 0 saturated carbocycles. The second-order valence-corrected chi connectivity index (χ2v) is 5.08. The highest BCUT2D eigenvalue weighted by atomic mass is 19.1. The zero-order valence-electron chi connectivity index (χ0n) is 12.4. The lowest BCUT2D eigenvalue weighted by Gasteiger charge is -2.18. The standard InChI is InChI=1S/C15H20FNO4/c1-9(7-15(19)20)6-14(18)17-10(2)12-8-11(16)4-5-13(12)21-3/h4-5,8-10H,6-7H2,1-3H3,(H,17,18)(H,19,20)/t9-,10-/m0/s1. The smallest absolute Gasteiger partial charge is 0.303 e. The van der Waals surface area contributed by atoms with Crippen LogP contribution in [0.1, 0.15) is 38.3 Å². The van der Waals surface area contributed by atoms with Crippen molar-refractivity contribution in [3.05, 3.63) is 29.6 Å². The molecule has 116 valence electrons. The van der Waals surface area contributed by atoms with E-state index < -0.39 is 17.8 Å². The van der Waals surface area contributed by atoms with Gasteiger partial charge in [-0.05, 0) is 31.0 Å². The van der Waals surface area contributed by atoms with E-state index in [-0.39, 0.29) is 24.7 Å². The summed E-state index contributed by atoms with van der Waals surface area (Å²) in [4.78, 5) is 22.4. The molecule has 0 bridgehead atoms. The van der Waals surface area contributed by atoms with E-state index in [9.17, 15) is 14.0 Å². The van der Waals surface area contributed by atoms with Gasteiger partial charge >= 0.3 is 5.97 Å². The average Bonchev–Trinajstić information content (AvgIpc) is 2.37. The molecule has 6 heteroatoms. The molecule has 0 saturated heterocycles. The Labute approximate surface area is 123 Å². The molecule has 0 aliphatic heterocycles. The second-order valence-electron chi connectivity index (χ2n) is 5.08. The molecule has 0 aromatic heterocycles. The minimum absolute atomic E-state index is 0.0644. The van der Waals surface area contributed by atoms with Crippen LogP contribution in [0, 0.1) is 11.7 Å².